The first kappa shape index (κ1) is 20.9. The number of hydrogen-bond acceptors (Lipinski definition) is 5. The number of anilines is 1. The number of sulfonamides is 1. The van der Waals surface area contributed by atoms with Gasteiger partial charge in [0.2, 0.25) is 10.0 Å². The number of rotatable bonds is 7. The van der Waals surface area contributed by atoms with Crippen molar-refractivity contribution in [2.24, 2.45) is 5.10 Å². The number of carbonyl (C=O) groups excluding carboxylic acids is 1. The number of nitrogens with zero attached hydrogens (tertiary/aromatic N) is 2. The van der Waals surface area contributed by atoms with Crippen LogP contribution in [0.1, 0.15) is 12.5 Å². The van der Waals surface area contributed by atoms with E-state index in [4.69, 9.17) is 4.74 Å². The Morgan fingerprint density at radius 1 is 1.22 bits per heavy atom. The number of carbonyl (C=O) groups is 1. The Bertz CT molecular complexity index is 943. The van der Waals surface area contributed by atoms with Gasteiger partial charge in [-0.3, -0.25) is 9.10 Å². The van der Waals surface area contributed by atoms with Crippen LogP contribution in [0.15, 0.2) is 58.1 Å². The molecule has 144 valence electrons. The summed E-state index contributed by atoms with van der Waals surface area (Å²) in [7, 11) is -2.14. The fourth-order valence-corrected chi connectivity index (χ4v) is 3.49. The van der Waals surface area contributed by atoms with Crippen LogP contribution in [0.2, 0.25) is 0 Å². The second kappa shape index (κ2) is 9.01. The van der Waals surface area contributed by atoms with Crippen LogP contribution in [0, 0.1) is 0 Å². The van der Waals surface area contributed by atoms with Crippen molar-refractivity contribution in [3.05, 3.63) is 58.6 Å². The molecule has 0 radical (unpaired) electrons. The fourth-order valence-electron chi connectivity index (χ4n) is 2.24. The molecule has 0 aliphatic rings. The minimum atomic E-state index is -3.65. The summed E-state index contributed by atoms with van der Waals surface area (Å²) in [6.07, 6.45) is 1.04. The first-order valence-electron chi connectivity index (χ1n) is 7.91. The summed E-state index contributed by atoms with van der Waals surface area (Å²) in [5.74, 6) is 0.0384. The van der Waals surface area contributed by atoms with Crippen molar-refractivity contribution in [2.75, 3.05) is 24.2 Å². The van der Waals surface area contributed by atoms with Gasteiger partial charge in [0.15, 0.2) is 0 Å². The van der Waals surface area contributed by atoms with Crippen molar-refractivity contribution >= 4 is 43.3 Å². The molecule has 27 heavy (non-hydrogen) atoms. The highest BCUT2D eigenvalue weighted by atomic mass is 79.9. The number of halogens is 1. The molecule has 2 aromatic rings. The molecular weight excluding hydrogens is 434 g/mol. The van der Waals surface area contributed by atoms with Gasteiger partial charge in [0.25, 0.3) is 5.91 Å². The van der Waals surface area contributed by atoms with Gasteiger partial charge in [-0.2, -0.15) is 5.10 Å². The zero-order valence-electron chi connectivity index (χ0n) is 15.1. The lowest BCUT2D eigenvalue weighted by molar-refractivity contribution is -0.119. The van der Waals surface area contributed by atoms with Gasteiger partial charge in [0.05, 0.1) is 24.8 Å². The van der Waals surface area contributed by atoms with Crippen LogP contribution in [-0.2, 0) is 14.8 Å². The molecule has 0 atom stereocenters. The SMILES string of the molecule is COc1ccc(N(CC(=O)N/N=C(\C)c2cccc(Br)c2)S(C)(=O)=O)cc1. The first-order chi connectivity index (χ1) is 12.7. The monoisotopic (exact) mass is 453 g/mol. The van der Waals surface area contributed by atoms with Gasteiger partial charge in [0.1, 0.15) is 12.3 Å². The summed E-state index contributed by atoms with van der Waals surface area (Å²) in [6.45, 7) is 1.36. The van der Waals surface area contributed by atoms with Crippen LogP contribution in [0.3, 0.4) is 0 Å². The standard InChI is InChI=1S/C18H20BrN3O4S/c1-13(14-5-4-6-15(19)11-14)20-21-18(23)12-22(27(3,24)25)16-7-9-17(26-2)10-8-16/h4-11H,12H2,1-3H3,(H,21,23)/b20-13+. The largest absolute Gasteiger partial charge is 0.497 e. The maximum absolute atomic E-state index is 12.2. The normalized spacial score (nSPS) is 11.8. The van der Waals surface area contributed by atoms with Crippen LogP contribution in [0.4, 0.5) is 5.69 Å². The Hall–Kier alpha value is -2.39. The van der Waals surface area contributed by atoms with E-state index in [1.54, 1.807) is 31.2 Å². The molecule has 0 aromatic heterocycles. The molecule has 0 fully saturated rings. The molecule has 1 N–H and O–H groups in total. The van der Waals surface area contributed by atoms with Gasteiger partial charge in [-0.25, -0.2) is 13.8 Å². The highest BCUT2D eigenvalue weighted by Crippen LogP contribution is 2.21. The number of ether oxygens (including phenoxy) is 1. The van der Waals surface area contributed by atoms with Crippen molar-refractivity contribution in [1.29, 1.82) is 0 Å². The van der Waals surface area contributed by atoms with E-state index in [1.165, 1.54) is 7.11 Å². The third-order valence-corrected chi connectivity index (χ3v) is 5.27. The highest BCUT2D eigenvalue weighted by molar-refractivity contribution is 9.10. The third-order valence-electron chi connectivity index (χ3n) is 3.64. The van der Waals surface area contributed by atoms with Gasteiger partial charge < -0.3 is 4.74 Å². The van der Waals surface area contributed by atoms with Gasteiger partial charge in [-0.1, -0.05) is 28.1 Å². The number of hydrazone groups is 1. The maximum atomic E-state index is 12.2. The van der Waals surface area contributed by atoms with Crippen molar-refractivity contribution in [3.63, 3.8) is 0 Å². The number of amides is 1. The topological polar surface area (TPSA) is 88.1 Å². The van der Waals surface area contributed by atoms with Gasteiger partial charge in [-0.05, 0) is 48.9 Å². The predicted octanol–water partition coefficient (Wildman–Crippen LogP) is 2.76. The summed E-state index contributed by atoms with van der Waals surface area (Å²) in [6, 6.07) is 13.9. The van der Waals surface area contributed by atoms with Crippen LogP contribution in [-0.4, -0.2) is 39.9 Å². The molecule has 0 saturated carbocycles. The second-order valence-electron chi connectivity index (χ2n) is 5.71. The number of nitrogens with one attached hydrogen (secondary N) is 1. The van der Waals surface area contributed by atoms with E-state index in [9.17, 15) is 13.2 Å². The molecule has 0 heterocycles. The lowest BCUT2D eigenvalue weighted by Crippen LogP contribution is -2.39. The van der Waals surface area contributed by atoms with E-state index in [0.29, 0.717) is 17.1 Å². The molecule has 7 nitrogen and oxygen atoms in total. The van der Waals surface area contributed by atoms with Crippen molar-refractivity contribution < 1.29 is 17.9 Å². The lowest BCUT2D eigenvalue weighted by Gasteiger charge is -2.21. The third kappa shape index (κ3) is 6.07. The van der Waals surface area contributed by atoms with Gasteiger partial charge in [0, 0.05) is 4.47 Å². The summed E-state index contributed by atoms with van der Waals surface area (Å²) < 4.78 is 31.1. The molecule has 0 aliphatic heterocycles. The number of methoxy groups -OCH3 is 1. The van der Waals surface area contributed by atoms with Crippen molar-refractivity contribution in [2.45, 2.75) is 6.92 Å². The maximum Gasteiger partial charge on any atom is 0.260 e. The molecule has 2 aromatic carbocycles. The Kier molecular flexibility index (Phi) is 6.98. The summed E-state index contributed by atoms with van der Waals surface area (Å²) in [4.78, 5) is 12.2. The Morgan fingerprint density at radius 3 is 2.44 bits per heavy atom. The van der Waals surface area contributed by atoms with Gasteiger partial charge in [-0.15, -0.1) is 0 Å². The Labute approximate surface area is 167 Å². The summed E-state index contributed by atoms with van der Waals surface area (Å²) >= 11 is 3.38. The molecule has 1 amide bonds. The number of hydrogen-bond donors (Lipinski definition) is 1. The zero-order valence-corrected chi connectivity index (χ0v) is 17.5. The van der Waals surface area contributed by atoms with Crippen LogP contribution in [0.5, 0.6) is 5.75 Å². The van der Waals surface area contributed by atoms with E-state index in [1.807, 2.05) is 24.3 Å². The van der Waals surface area contributed by atoms with Gasteiger partial charge >= 0.3 is 0 Å². The highest BCUT2D eigenvalue weighted by Gasteiger charge is 2.20. The molecule has 0 spiro atoms. The first-order valence-corrected chi connectivity index (χ1v) is 10.6. The molecule has 0 unspecified atom stereocenters. The lowest BCUT2D eigenvalue weighted by atomic mass is 10.1. The van der Waals surface area contributed by atoms with Crippen LogP contribution in [0.25, 0.3) is 0 Å². The molecule has 0 saturated heterocycles. The fraction of sp³-hybridized carbons (Fsp3) is 0.222. The van der Waals surface area contributed by atoms with Crippen LogP contribution >= 0.6 is 15.9 Å². The molecule has 9 heteroatoms. The average molecular weight is 454 g/mol. The van der Waals surface area contributed by atoms with E-state index in [-0.39, 0.29) is 6.54 Å². The average Bonchev–Trinajstić information content (AvgIpc) is 2.63. The summed E-state index contributed by atoms with van der Waals surface area (Å²) in [5, 5.41) is 4.05. The molecule has 2 rings (SSSR count). The number of benzene rings is 2. The predicted molar refractivity (Wildman–Crippen MR) is 110 cm³/mol. The van der Waals surface area contributed by atoms with Crippen LogP contribution < -0.4 is 14.5 Å². The molecule has 0 bridgehead atoms. The van der Waals surface area contributed by atoms with Crippen molar-refractivity contribution in [3.8, 4) is 5.75 Å². The minimum Gasteiger partial charge on any atom is -0.497 e. The van der Waals surface area contributed by atoms with E-state index in [2.05, 4.69) is 26.5 Å². The second-order valence-corrected chi connectivity index (χ2v) is 8.53. The van der Waals surface area contributed by atoms with E-state index < -0.39 is 15.9 Å². The minimum absolute atomic E-state index is 0.362. The molecular formula is C18H20BrN3O4S. The Balaban J connectivity index is 2.13. The van der Waals surface area contributed by atoms with E-state index >= 15 is 0 Å². The Morgan fingerprint density at radius 2 is 1.89 bits per heavy atom. The quantitative estimate of drug-likeness (QED) is 0.515. The summed E-state index contributed by atoms with van der Waals surface area (Å²) in [5.41, 5.74) is 4.19. The van der Waals surface area contributed by atoms with E-state index in [0.717, 1.165) is 20.6 Å². The van der Waals surface area contributed by atoms with Crippen molar-refractivity contribution in [1.82, 2.24) is 5.43 Å². The zero-order chi connectivity index (χ0) is 20.0. The smallest absolute Gasteiger partial charge is 0.260 e. The molecule has 0 aliphatic carbocycles.